The van der Waals surface area contributed by atoms with E-state index in [9.17, 15) is 47.8 Å². The highest BCUT2D eigenvalue weighted by molar-refractivity contribution is 5.85. The monoisotopic (exact) mass is 1110 g/mol. The number of aliphatic carboxylic acids is 2. The van der Waals surface area contributed by atoms with Gasteiger partial charge in [0.05, 0.1) is 24.9 Å². The quantitative estimate of drug-likeness (QED) is 0.0482. The summed E-state index contributed by atoms with van der Waals surface area (Å²) in [6, 6.07) is 25.4. The van der Waals surface area contributed by atoms with Crippen molar-refractivity contribution >= 4 is 23.8 Å². The number of carboxylic acid groups (broad SMARTS) is 2. The Hall–Kier alpha value is -7.56. The first-order valence-corrected chi connectivity index (χ1v) is 28.1. The molecule has 0 aliphatic carbocycles. The molecule has 4 N–H and O–H groups in total. The fourth-order valence-electron chi connectivity index (χ4n) is 11.8. The standard InChI is InChI=1S/C65H76F2N6O8/c1-38(2)24-56(72-32-44(19-21-58(72)74)31-71-36-51(67)37-71)64(80)68-55(30-61(78)79)46-15-11-17-48(27-46)63-42(7)18-20-52(43(63)8)53-28-59(75)73(34-49(53)33-70-23-22-50(66)35-70)57(25-39(3)4)65(81)69-54(29-60(76)77)45-14-10-16-47(26-45)62-40(5)12-9-13-41(62)6/h9-21,26-28,32,34,38-39,50-51,54-57H,22-25,29-31,33,35-37H2,1-8H3,(H,68,80)(H,69,81)(H,76,77)(H,78,79)/t50-,54+,55+,56+,57+/m1/s1. The number of rotatable bonds is 23. The first kappa shape index (κ1) is 59.6. The number of nitrogens with zero attached hydrogens (tertiary/aromatic N) is 4. The molecule has 2 aliphatic heterocycles. The Morgan fingerprint density at radius 2 is 1.10 bits per heavy atom. The SMILES string of the molecule is Cc1cccc(C)c1-c1cccc([C@H](CC(=O)O)NC(=O)[C@H](CC(C)C)n2cc(CN3CC[C@@H](F)C3)c(-c3ccc(C)c(-c4cccc([C@H](CC(=O)O)NC(=O)[C@H](CC(C)C)n5cc(CN6CC(F)C6)ccc5=O)c4)c3C)cc2=O)c1. The summed E-state index contributed by atoms with van der Waals surface area (Å²) in [6.45, 7) is 17.6. The number of amides is 2. The van der Waals surface area contributed by atoms with E-state index in [-0.39, 0.29) is 50.9 Å². The molecule has 2 amide bonds. The molecular weight excluding hydrogens is 1030 g/mol. The molecule has 2 saturated heterocycles. The third kappa shape index (κ3) is 14.5. The second-order valence-corrected chi connectivity index (χ2v) is 23.2. The van der Waals surface area contributed by atoms with Crippen molar-refractivity contribution in [3.63, 3.8) is 0 Å². The van der Waals surface area contributed by atoms with Crippen LogP contribution in [0.3, 0.4) is 0 Å². The summed E-state index contributed by atoms with van der Waals surface area (Å²) in [5.74, 6) is -3.37. The second-order valence-electron chi connectivity index (χ2n) is 23.2. The van der Waals surface area contributed by atoms with Crippen molar-refractivity contribution in [3.05, 3.63) is 175 Å². The van der Waals surface area contributed by atoms with Crippen molar-refractivity contribution in [2.24, 2.45) is 11.8 Å². The normalized spacial score (nSPS) is 16.5. The predicted octanol–water partition coefficient (Wildman–Crippen LogP) is 10.8. The molecule has 2 aliphatic rings. The van der Waals surface area contributed by atoms with Gasteiger partial charge in [0.1, 0.15) is 24.4 Å². The maximum absolute atomic E-state index is 14.9. The molecule has 0 bridgehead atoms. The van der Waals surface area contributed by atoms with Crippen LogP contribution < -0.4 is 21.8 Å². The first-order chi connectivity index (χ1) is 38.5. The van der Waals surface area contributed by atoms with Gasteiger partial charge in [0.15, 0.2) is 0 Å². The van der Waals surface area contributed by atoms with Gasteiger partial charge in [-0.25, -0.2) is 8.78 Å². The Morgan fingerprint density at radius 3 is 1.62 bits per heavy atom. The number of hydrogen-bond donors (Lipinski definition) is 4. The summed E-state index contributed by atoms with van der Waals surface area (Å²) in [5.41, 5.74) is 10.2. The molecule has 6 aromatic rings. The average molecular weight is 1110 g/mol. The maximum Gasteiger partial charge on any atom is 0.305 e. The van der Waals surface area contributed by atoms with Crippen LogP contribution in [0.4, 0.5) is 8.78 Å². The van der Waals surface area contributed by atoms with Crippen LogP contribution in [0.5, 0.6) is 0 Å². The summed E-state index contributed by atoms with van der Waals surface area (Å²) in [4.78, 5) is 86.4. The van der Waals surface area contributed by atoms with Gasteiger partial charge in [-0.15, -0.1) is 0 Å². The highest BCUT2D eigenvalue weighted by Gasteiger charge is 2.32. The second kappa shape index (κ2) is 25.9. The van der Waals surface area contributed by atoms with Gasteiger partial charge in [-0.1, -0.05) is 100 Å². The van der Waals surface area contributed by atoms with E-state index in [0.29, 0.717) is 47.3 Å². The number of halogens is 2. The van der Waals surface area contributed by atoms with Crippen LogP contribution in [-0.2, 0) is 32.3 Å². The highest BCUT2D eigenvalue weighted by atomic mass is 19.1. The van der Waals surface area contributed by atoms with Gasteiger partial charge in [0, 0.05) is 63.8 Å². The van der Waals surface area contributed by atoms with Crippen molar-refractivity contribution in [3.8, 4) is 33.4 Å². The molecule has 0 radical (unpaired) electrons. The topological polar surface area (TPSA) is 183 Å². The number of aryl methyl sites for hydroxylation is 3. The van der Waals surface area contributed by atoms with Gasteiger partial charge >= 0.3 is 11.9 Å². The Morgan fingerprint density at radius 1 is 0.580 bits per heavy atom. The zero-order valence-electron chi connectivity index (χ0n) is 47.7. The number of hydrogen-bond acceptors (Lipinski definition) is 8. The molecule has 2 aromatic heterocycles. The lowest BCUT2D eigenvalue weighted by molar-refractivity contribution is -0.139. The van der Waals surface area contributed by atoms with Crippen molar-refractivity contribution in [2.75, 3.05) is 26.2 Å². The Kier molecular flexibility index (Phi) is 19.1. The van der Waals surface area contributed by atoms with E-state index in [1.165, 1.54) is 21.3 Å². The molecule has 4 aromatic carbocycles. The molecule has 14 nitrogen and oxygen atoms in total. The van der Waals surface area contributed by atoms with Crippen LogP contribution in [0, 0.1) is 39.5 Å². The van der Waals surface area contributed by atoms with Gasteiger partial charge in [-0.2, -0.15) is 0 Å². The first-order valence-electron chi connectivity index (χ1n) is 28.1. The predicted molar refractivity (Wildman–Crippen MR) is 311 cm³/mol. The number of aromatic nitrogens is 2. The molecule has 0 saturated carbocycles. The number of carbonyl (C=O) groups excluding carboxylic acids is 2. The number of benzene rings is 4. The largest absolute Gasteiger partial charge is 0.481 e. The van der Waals surface area contributed by atoms with Gasteiger partial charge in [0.25, 0.3) is 11.1 Å². The Balaban J connectivity index is 1.14. The van der Waals surface area contributed by atoms with E-state index in [1.54, 1.807) is 36.7 Å². The van der Waals surface area contributed by atoms with Gasteiger partial charge in [-0.3, -0.25) is 38.6 Å². The van der Waals surface area contributed by atoms with E-state index >= 15 is 0 Å². The van der Waals surface area contributed by atoms with Gasteiger partial charge in [0.2, 0.25) is 11.8 Å². The number of nitrogens with one attached hydrogen (secondary N) is 2. The van der Waals surface area contributed by atoms with Gasteiger partial charge in [-0.05, 0) is 149 Å². The lowest BCUT2D eigenvalue weighted by Gasteiger charge is -2.34. The number of pyridine rings is 2. The van der Waals surface area contributed by atoms with Crippen molar-refractivity contribution < 1.29 is 38.2 Å². The third-order valence-corrected chi connectivity index (χ3v) is 15.7. The summed E-state index contributed by atoms with van der Waals surface area (Å²) < 4.78 is 31.4. The highest BCUT2D eigenvalue weighted by Crippen LogP contribution is 2.38. The number of carbonyl (C=O) groups is 4. The van der Waals surface area contributed by atoms with E-state index in [0.717, 1.165) is 50.1 Å². The number of alkyl halides is 2. The average Bonchev–Trinajstić information content (AvgIpc) is 3.85. The molecular formula is C65H76F2N6O8. The molecule has 2 fully saturated rings. The Bertz CT molecular complexity index is 3400. The van der Waals surface area contributed by atoms with Crippen LogP contribution in [0.1, 0.15) is 128 Å². The smallest absolute Gasteiger partial charge is 0.305 e. The number of carboxylic acids is 2. The lowest BCUT2D eigenvalue weighted by Crippen LogP contribution is -2.47. The molecule has 4 heterocycles. The Labute approximate surface area is 472 Å². The summed E-state index contributed by atoms with van der Waals surface area (Å²) in [6.07, 6.45) is 1.44. The van der Waals surface area contributed by atoms with Crippen molar-refractivity contribution in [2.45, 2.75) is 137 Å². The third-order valence-electron chi connectivity index (χ3n) is 15.7. The fraction of sp³-hybridized carbons (Fsp3) is 0.415. The minimum atomic E-state index is -1.15. The minimum absolute atomic E-state index is 0.0183. The molecule has 8 rings (SSSR count). The van der Waals surface area contributed by atoms with Crippen LogP contribution in [0.25, 0.3) is 33.4 Å². The zero-order valence-corrected chi connectivity index (χ0v) is 47.7. The maximum atomic E-state index is 14.9. The van der Waals surface area contributed by atoms with Gasteiger partial charge < -0.3 is 30.0 Å². The van der Waals surface area contributed by atoms with E-state index in [2.05, 4.69) is 10.6 Å². The summed E-state index contributed by atoms with van der Waals surface area (Å²) in [7, 11) is 0. The van der Waals surface area contributed by atoms with Crippen LogP contribution >= 0.6 is 0 Å². The molecule has 5 atom stereocenters. The summed E-state index contributed by atoms with van der Waals surface area (Å²) in [5, 5.41) is 26.4. The number of likely N-dealkylation sites (tertiary alicyclic amines) is 2. The van der Waals surface area contributed by atoms with E-state index in [4.69, 9.17) is 0 Å². The molecule has 16 heteroatoms. The molecule has 81 heavy (non-hydrogen) atoms. The van der Waals surface area contributed by atoms with Crippen molar-refractivity contribution in [1.82, 2.24) is 29.6 Å². The van der Waals surface area contributed by atoms with Crippen LogP contribution in [0.15, 0.2) is 119 Å². The van der Waals surface area contributed by atoms with E-state index in [1.807, 2.05) is 126 Å². The minimum Gasteiger partial charge on any atom is -0.481 e. The van der Waals surface area contributed by atoms with Crippen molar-refractivity contribution in [1.29, 1.82) is 0 Å². The van der Waals surface area contributed by atoms with Crippen LogP contribution in [0.2, 0.25) is 0 Å². The molecule has 428 valence electrons. The van der Waals surface area contributed by atoms with E-state index < -0.39 is 84.2 Å². The fourth-order valence-corrected chi connectivity index (χ4v) is 11.8. The lowest BCUT2D eigenvalue weighted by atomic mass is 9.87. The zero-order chi connectivity index (χ0) is 58.4. The molecule has 0 unspecified atom stereocenters. The molecule has 0 spiro atoms. The summed E-state index contributed by atoms with van der Waals surface area (Å²) >= 11 is 0. The van der Waals surface area contributed by atoms with Crippen LogP contribution in [-0.4, -0.2) is 91.4 Å².